The molecule has 2 aromatic carbocycles. The Morgan fingerprint density at radius 1 is 1.07 bits per heavy atom. The van der Waals surface area contributed by atoms with Crippen LogP contribution in [-0.4, -0.2) is 43.5 Å². The molecule has 6 nitrogen and oxygen atoms in total. The van der Waals surface area contributed by atoms with Crippen LogP contribution >= 0.6 is 0 Å². The van der Waals surface area contributed by atoms with E-state index in [-0.39, 0.29) is 30.6 Å². The SMILES string of the molecule is CN(Cc1ccccc1)C(=O)NCCC(=O)Nc1c(F)cccc1N1CCCC1. The summed E-state index contributed by atoms with van der Waals surface area (Å²) in [5.41, 5.74) is 1.95. The average Bonchev–Trinajstić information content (AvgIpc) is 3.25. The zero-order valence-electron chi connectivity index (χ0n) is 16.7. The molecule has 2 N–H and O–H groups in total. The topological polar surface area (TPSA) is 64.7 Å². The van der Waals surface area contributed by atoms with E-state index in [0.717, 1.165) is 31.5 Å². The molecule has 1 heterocycles. The summed E-state index contributed by atoms with van der Waals surface area (Å²) >= 11 is 0. The van der Waals surface area contributed by atoms with Crippen LogP contribution in [0.5, 0.6) is 0 Å². The Hall–Kier alpha value is -3.09. The van der Waals surface area contributed by atoms with Gasteiger partial charge < -0.3 is 20.4 Å². The molecule has 0 aliphatic carbocycles. The van der Waals surface area contributed by atoms with Crippen molar-refractivity contribution in [1.29, 1.82) is 0 Å². The lowest BCUT2D eigenvalue weighted by molar-refractivity contribution is -0.116. The van der Waals surface area contributed by atoms with Crippen LogP contribution in [-0.2, 0) is 11.3 Å². The molecule has 154 valence electrons. The minimum absolute atomic E-state index is 0.0681. The maximum atomic E-state index is 14.3. The van der Waals surface area contributed by atoms with Crippen molar-refractivity contribution in [3.63, 3.8) is 0 Å². The van der Waals surface area contributed by atoms with Crippen molar-refractivity contribution in [3.8, 4) is 0 Å². The number of nitrogens with zero attached hydrogens (tertiary/aromatic N) is 2. The molecule has 2 aromatic rings. The lowest BCUT2D eigenvalue weighted by atomic mass is 10.2. The van der Waals surface area contributed by atoms with E-state index in [1.165, 1.54) is 6.07 Å². The van der Waals surface area contributed by atoms with Crippen molar-refractivity contribution in [1.82, 2.24) is 10.2 Å². The molecule has 7 heteroatoms. The van der Waals surface area contributed by atoms with Crippen molar-refractivity contribution in [2.75, 3.05) is 36.9 Å². The molecule has 3 amide bonds. The highest BCUT2D eigenvalue weighted by Crippen LogP contribution is 2.31. The first kappa shape index (κ1) is 20.6. The number of nitrogens with one attached hydrogen (secondary N) is 2. The molecule has 0 aromatic heterocycles. The lowest BCUT2D eigenvalue weighted by Gasteiger charge is -2.22. The minimum Gasteiger partial charge on any atom is -0.370 e. The van der Waals surface area contributed by atoms with Crippen molar-refractivity contribution < 1.29 is 14.0 Å². The second kappa shape index (κ2) is 9.91. The number of carbonyl (C=O) groups is 2. The highest BCUT2D eigenvalue weighted by molar-refractivity contribution is 5.95. The molecule has 1 aliphatic heterocycles. The zero-order chi connectivity index (χ0) is 20.6. The fraction of sp³-hybridized carbons (Fsp3) is 0.364. The zero-order valence-corrected chi connectivity index (χ0v) is 16.7. The van der Waals surface area contributed by atoms with E-state index < -0.39 is 5.82 Å². The molecular formula is C22H27FN4O2. The van der Waals surface area contributed by atoms with Gasteiger partial charge in [-0.3, -0.25) is 4.79 Å². The third-order valence-electron chi connectivity index (χ3n) is 4.94. The van der Waals surface area contributed by atoms with E-state index in [2.05, 4.69) is 15.5 Å². The molecule has 0 unspecified atom stereocenters. The molecule has 0 radical (unpaired) electrons. The molecular weight excluding hydrogens is 371 g/mol. The van der Waals surface area contributed by atoms with Crippen LogP contribution in [0.2, 0.25) is 0 Å². The smallest absolute Gasteiger partial charge is 0.317 e. The largest absolute Gasteiger partial charge is 0.370 e. The Labute approximate surface area is 170 Å². The first-order valence-corrected chi connectivity index (χ1v) is 9.91. The number of hydrogen-bond donors (Lipinski definition) is 2. The molecule has 29 heavy (non-hydrogen) atoms. The summed E-state index contributed by atoms with van der Waals surface area (Å²) in [7, 11) is 1.70. The molecule has 1 aliphatic rings. The van der Waals surface area contributed by atoms with Crippen LogP contribution in [0.15, 0.2) is 48.5 Å². The van der Waals surface area contributed by atoms with E-state index in [1.54, 1.807) is 18.0 Å². The Morgan fingerprint density at radius 2 is 1.79 bits per heavy atom. The van der Waals surface area contributed by atoms with Gasteiger partial charge in [-0.15, -0.1) is 0 Å². The summed E-state index contributed by atoms with van der Waals surface area (Å²) in [5.74, 6) is -0.782. The number of rotatable bonds is 7. The molecule has 3 rings (SSSR count). The van der Waals surface area contributed by atoms with Gasteiger partial charge in [-0.2, -0.15) is 0 Å². The normalized spacial score (nSPS) is 13.2. The monoisotopic (exact) mass is 398 g/mol. The van der Waals surface area contributed by atoms with Crippen LogP contribution in [0.25, 0.3) is 0 Å². The Morgan fingerprint density at radius 3 is 2.52 bits per heavy atom. The predicted molar refractivity (Wildman–Crippen MR) is 112 cm³/mol. The summed E-state index contributed by atoms with van der Waals surface area (Å²) in [6, 6.07) is 14.2. The summed E-state index contributed by atoms with van der Waals surface area (Å²) in [5, 5.41) is 5.40. The van der Waals surface area contributed by atoms with Crippen molar-refractivity contribution in [3.05, 3.63) is 59.9 Å². The number of hydrogen-bond acceptors (Lipinski definition) is 3. The Bertz CT molecular complexity index is 838. The Kier molecular flexibility index (Phi) is 7.05. The van der Waals surface area contributed by atoms with Crippen LogP contribution in [0.3, 0.4) is 0 Å². The van der Waals surface area contributed by atoms with Crippen LogP contribution in [0, 0.1) is 5.82 Å². The Balaban J connectivity index is 1.48. The van der Waals surface area contributed by atoms with Crippen LogP contribution in [0.1, 0.15) is 24.8 Å². The number of urea groups is 1. The van der Waals surface area contributed by atoms with Gasteiger partial charge in [0.15, 0.2) is 0 Å². The summed E-state index contributed by atoms with van der Waals surface area (Å²) < 4.78 is 14.3. The van der Waals surface area contributed by atoms with Gasteiger partial charge in [-0.1, -0.05) is 36.4 Å². The standard InChI is InChI=1S/C22H27FN4O2/c1-26(16-17-8-3-2-4-9-17)22(29)24-13-12-20(28)25-21-18(23)10-7-11-19(21)27-14-5-6-15-27/h2-4,7-11H,5-6,12-16H2,1H3,(H,24,29)(H,25,28). The van der Waals surface area contributed by atoms with Gasteiger partial charge >= 0.3 is 6.03 Å². The van der Waals surface area contributed by atoms with Gasteiger partial charge in [-0.05, 0) is 30.5 Å². The summed E-state index contributed by atoms with van der Waals surface area (Å²) in [6.45, 7) is 2.37. The van der Waals surface area contributed by atoms with Crippen LogP contribution < -0.4 is 15.5 Å². The number of carbonyl (C=O) groups excluding carboxylic acids is 2. The van der Waals surface area contributed by atoms with Crippen molar-refractivity contribution in [2.24, 2.45) is 0 Å². The first-order chi connectivity index (χ1) is 14.0. The quantitative estimate of drug-likeness (QED) is 0.749. The van der Waals surface area contributed by atoms with E-state index in [1.807, 2.05) is 36.4 Å². The highest BCUT2D eigenvalue weighted by Gasteiger charge is 2.19. The average molecular weight is 398 g/mol. The van der Waals surface area contributed by atoms with Gasteiger partial charge in [0.2, 0.25) is 5.91 Å². The molecule has 0 saturated carbocycles. The summed E-state index contributed by atoms with van der Waals surface area (Å²) in [4.78, 5) is 28.1. The summed E-state index contributed by atoms with van der Waals surface area (Å²) in [6.07, 6.45) is 2.19. The number of para-hydroxylation sites is 1. The van der Waals surface area contributed by atoms with E-state index in [4.69, 9.17) is 0 Å². The van der Waals surface area contributed by atoms with E-state index in [9.17, 15) is 14.0 Å². The van der Waals surface area contributed by atoms with Gasteiger partial charge in [0.25, 0.3) is 0 Å². The molecule has 0 atom stereocenters. The molecule has 1 saturated heterocycles. The van der Waals surface area contributed by atoms with Crippen LogP contribution in [0.4, 0.5) is 20.6 Å². The number of anilines is 2. The van der Waals surface area contributed by atoms with Gasteiger partial charge in [0.1, 0.15) is 11.5 Å². The lowest BCUT2D eigenvalue weighted by Crippen LogP contribution is -2.38. The maximum absolute atomic E-state index is 14.3. The second-order valence-electron chi connectivity index (χ2n) is 7.20. The molecule has 0 bridgehead atoms. The number of benzene rings is 2. The number of halogens is 1. The fourth-order valence-electron chi connectivity index (χ4n) is 3.41. The van der Waals surface area contributed by atoms with Gasteiger partial charge in [0, 0.05) is 39.6 Å². The number of amides is 3. The molecule has 1 fully saturated rings. The van der Waals surface area contributed by atoms with E-state index >= 15 is 0 Å². The second-order valence-corrected chi connectivity index (χ2v) is 7.20. The third-order valence-corrected chi connectivity index (χ3v) is 4.94. The first-order valence-electron chi connectivity index (χ1n) is 9.91. The van der Waals surface area contributed by atoms with Gasteiger partial charge in [-0.25, -0.2) is 9.18 Å². The van der Waals surface area contributed by atoms with Crippen molar-refractivity contribution in [2.45, 2.75) is 25.8 Å². The van der Waals surface area contributed by atoms with Crippen molar-refractivity contribution >= 4 is 23.3 Å². The molecule has 0 spiro atoms. The maximum Gasteiger partial charge on any atom is 0.317 e. The highest BCUT2D eigenvalue weighted by atomic mass is 19.1. The third kappa shape index (κ3) is 5.70. The minimum atomic E-state index is -0.450. The van der Waals surface area contributed by atoms with E-state index in [0.29, 0.717) is 12.2 Å². The predicted octanol–water partition coefficient (Wildman–Crippen LogP) is 3.60. The fourth-order valence-corrected chi connectivity index (χ4v) is 3.41. The van der Waals surface area contributed by atoms with Gasteiger partial charge in [0.05, 0.1) is 5.69 Å².